The largest absolute Gasteiger partial charge is 0.497 e. The van der Waals surface area contributed by atoms with Crippen LogP contribution in [0.3, 0.4) is 0 Å². The normalized spacial score (nSPS) is 13.9. The molecule has 1 aliphatic rings. The summed E-state index contributed by atoms with van der Waals surface area (Å²) in [6.45, 7) is 4.12. The summed E-state index contributed by atoms with van der Waals surface area (Å²) in [6.07, 6.45) is 0. The first-order valence-electron chi connectivity index (χ1n) is 9.50. The molecule has 3 rings (SSSR count). The molecule has 29 heavy (non-hydrogen) atoms. The van der Waals surface area contributed by atoms with Crippen molar-refractivity contribution < 1.29 is 19.1 Å². The molecular weight excluding hydrogens is 388 g/mol. The highest BCUT2D eigenvalue weighted by molar-refractivity contribution is 8.00. The average Bonchev–Trinajstić information content (AvgIpc) is 2.77. The molecule has 2 amide bonds. The number of carbonyl (C=O) groups excluding carboxylic acids is 2. The van der Waals surface area contributed by atoms with E-state index in [0.717, 1.165) is 16.2 Å². The number of carbonyl (C=O) groups is 2. The predicted molar refractivity (Wildman–Crippen MR) is 114 cm³/mol. The highest BCUT2D eigenvalue weighted by Crippen LogP contribution is 2.23. The molecule has 0 bridgehead atoms. The molecule has 1 heterocycles. The molecular formula is C22H26N2O4S. The fourth-order valence-electron chi connectivity index (χ4n) is 3.20. The van der Waals surface area contributed by atoms with Gasteiger partial charge in [-0.15, -0.1) is 11.8 Å². The van der Waals surface area contributed by atoms with Crippen LogP contribution >= 0.6 is 11.8 Å². The van der Waals surface area contributed by atoms with Gasteiger partial charge in [-0.3, -0.25) is 9.59 Å². The van der Waals surface area contributed by atoms with E-state index < -0.39 is 0 Å². The Balaban J connectivity index is 1.50. The van der Waals surface area contributed by atoms with Gasteiger partial charge in [0, 0.05) is 36.6 Å². The number of methoxy groups -OCH3 is 2. The molecule has 0 saturated carbocycles. The van der Waals surface area contributed by atoms with Crippen LogP contribution < -0.4 is 9.47 Å². The number of hydrogen-bond acceptors (Lipinski definition) is 5. The summed E-state index contributed by atoms with van der Waals surface area (Å²) in [5.74, 6) is 1.96. The zero-order chi connectivity index (χ0) is 20.8. The minimum Gasteiger partial charge on any atom is -0.497 e. The van der Waals surface area contributed by atoms with Crippen molar-refractivity contribution >= 4 is 23.6 Å². The van der Waals surface area contributed by atoms with Crippen LogP contribution in [0.25, 0.3) is 0 Å². The van der Waals surface area contributed by atoms with Crippen LogP contribution in [0.4, 0.5) is 0 Å². The van der Waals surface area contributed by atoms with Gasteiger partial charge < -0.3 is 19.3 Å². The van der Waals surface area contributed by atoms with E-state index in [1.807, 2.05) is 48.2 Å². The summed E-state index contributed by atoms with van der Waals surface area (Å²) in [4.78, 5) is 29.9. The van der Waals surface area contributed by atoms with Gasteiger partial charge in [-0.25, -0.2) is 0 Å². The molecule has 0 unspecified atom stereocenters. The van der Waals surface area contributed by atoms with E-state index in [-0.39, 0.29) is 11.8 Å². The van der Waals surface area contributed by atoms with E-state index in [9.17, 15) is 9.59 Å². The van der Waals surface area contributed by atoms with Gasteiger partial charge in [-0.2, -0.15) is 0 Å². The van der Waals surface area contributed by atoms with Crippen molar-refractivity contribution in [2.75, 3.05) is 46.2 Å². The van der Waals surface area contributed by atoms with Crippen LogP contribution in [0.15, 0.2) is 47.4 Å². The molecule has 0 spiro atoms. The topological polar surface area (TPSA) is 59.1 Å². The average molecular weight is 415 g/mol. The zero-order valence-electron chi connectivity index (χ0n) is 17.0. The van der Waals surface area contributed by atoms with Gasteiger partial charge in [-0.1, -0.05) is 6.07 Å². The van der Waals surface area contributed by atoms with E-state index in [1.165, 1.54) is 11.8 Å². The molecule has 2 aromatic carbocycles. The lowest BCUT2D eigenvalue weighted by atomic mass is 10.1. The predicted octanol–water partition coefficient (Wildman–Crippen LogP) is 3.09. The molecule has 1 saturated heterocycles. The molecule has 0 N–H and O–H groups in total. The van der Waals surface area contributed by atoms with E-state index >= 15 is 0 Å². The molecule has 1 aliphatic heterocycles. The SMILES string of the molecule is COc1ccc(SCC(=O)N2CCN(C(=O)c3ccc(C)c(OC)c3)CC2)cc1. The molecule has 0 radical (unpaired) electrons. The van der Waals surface area contributed by atoms with Crippen LogP contribution in [-0.2, 0) is 4.79 Å². The lowest BCUT2D eigenvalue weighted by Crippen LogP contribution is -2.51. The Kier molecular flexibility index (Phi) is 7.04. The summed E-state index contributed by atoms with van der Waals surface area (Å²) in [5, 5.41) is 0. The van der Waals surface area contributed by atoms with Gasteiger partial charge >= 0.3 is 0 Å². The summed E-state index contributed by atoms with van der Waals surface area (Å²) in [6, 6.07) is 13.2. The van der Waals surface area contributed by atoms with Gasteiger partial charge in [0.2, 0.25) is 5.91 Å². The third kappa shape index (κ3) is 5.23. The van der Waals surface area contributed by atoms with Crippen molar-refractivity contribution in [1.82, 2.24) is 9.80 Å². The number of amides is 2. The summed E-state index contributed by atoms with van der Waals surface area (Å²) in [5.41, 5.74) is 1.61. The minimum atomic E-state index is -0.0250. The van der Waals surface area contributed by atoms with Crippen LogP contribution in [0, 0.1) is 6.92 Å². The number of aryl methyl sites for hydroxylation is 1. The van der Waals surface area contributed by atoms with Crippen molar-refractivity contribution in [3.8, 4) is 11.5 Å². The Morgan fingerprint density at radius 3 is 2.21 bits per heavy atom. The maximum Gasteiger partial charge on any atom is 0.254 e. The number of benzene rings is 2. The van der Waals surface area contributed by atoms with Crippen LogP contribution in [0.2, 0.25) is 0 Å². The maximum absolute atomic E-state index is 12.8. The highest BCUT2D eigenvalue weighted by Gasteiger charge is 2.25. The molecule has 7 heteroatoms. The number of hydrogen-bond donors (Lipinski definition) is 0. The van der Waals surface area contributed by atoms with Crippen molar-refractivity contribution in [3.05, 3.63) is 53.6 Å². The first-order valence-corrected chi connectivity index (χ1v) is 10.5. The second-order valence-corrected chi connectivity index (χ2v) is 7.87. The van der Waals surface area contributed by atoms with Crippen LogP contribution in [0.1, 0.15) is 15.9 Å². The summed E-state index contributed by atoms with van der Waals surface area (Å²) >= 11 is 1.51. The first-order chi connectivity index (χ1) is 14.0. The van der Waals surface area contributed by atoms with Crippen LogP contribution in [-0.4, -0.2) is 67.8 Å². The Labute approximate surface area is 175 Å². The third-order valence-corrected chi connectivity index (χ3v) is 5.99. The quantitative estimate of drug-likeness (QED) is 0.680. The highest BCUT2D eigenvalue weighted by atomic mass is 32.2. The maximum atomic E-state index is 12.8. The van der Waals surface area contributed by atoms with Gasteiger partial charge in [0.1, 0.15) is 11.5 Å². The molecule has 0 aliphatic carbocycles. The second kappa shape index (κ2) is 9.69. The number of piperazine rings is 1. The zero-order valence-corrected chi connectivity index (χ0v) is 17.8. The third-order valence-electron chi connectivity index (χ3n) is 5.00. The molecule has 0 atom stereocenters. The minimum absolute atomic E-state index is 0.0250. The van der Waals surface area contributed by atoms with Gasteiger partial charge in [0.05, 0.1) is 20.0 Å². The van der Waals surface area contributed by atoms with Gasteiger partial charge in [0.25, 0.3) is 5.91 Å². The Hall–Kier alpha value is -2.67. The fraction of sp³-hybridized carbons (Fsp3) is 0.364. The standard InChI is InChI=1S/C22H26N2O4S/c1-16-4-5-17(14-20(16)28-3)22(26)24-12-10-23(11-13-24)21(25)15-29-19-8-6-18(27-2)7-9-19/h4-9,14H,10-13,15H2,1-3H3. The van der Waals surface area contributed by atoms with Crippen molar-refractivity contribution in [2.24, 2.45) is 0 Å². The number of rotatable bonds is 6. The van der Waals surface area contributed by atoms with E-state index in [0.29, 0.717) is 43.2 Å². The lowest BCUT2D eigenvalue weighted by molar-refractivity contribution is -0.129. The van der Waals surface area contributed by atoms with Crippen molar-refractivity contribution in [3.63, 3.8) is 0 Å². The number of ether oxygens (including phenoxy) is 2. The Bertz CT molecular complexity index is 862. The second-order valence-electron chi connectivity index (χ2n) is 6.82. The van der Waals surface area contributed by atoms with Crippen molar-refractivity contribution in [1.29, 1.82) is 0 Å². The summed E-state index contributed by atoms with van der Waals surface area (Å²) in [7, 11) is 3.23. The van der Waals surface area contributed by atoms with Crippen molar-refractivity contribution in [2.45, 2.75) is 11.8 Å². The van der Waals surface area contributed by atoms with Crippen LogP contribution in [0.5, 0.6) is 11.5 Å². The molecule has 6 nitrogen and oxygen atoms in total. The molecule has 2 aromatic rings. The monoisotopic (exact) mass is 414 g/mol. The van der Waals surface area contributed by atoms with Gasteiger partial charge in [-0.05, 0) is 48.9 Å². The molecule has 0 aromatic heterocycles. The number of nitrogens with zero attached hydrogens (tertiary/aromatic N) is 2. The Morgan fingerprint density at radius 2 is 1.59 bits per heavy atom. The fourth-order valence-corrected chi connectivity index (χ4v) is 4.00. The first kappa shape index (κ1) is 21.0. The number of thioether (sulfide) groups is 1. The van der Waals surface area contributed by atoms with Gasteiger partial charge in [0.15, 0.2) is 0 Å². The van der Waals surface area contributed by atoms with E-state index in [4.69, 9.17) is 9.47 Å². The van der Waals surface area contributed by atoms with E-state index in [2.05, 4.69) is 0 Å². The smallest absolute Gasteiger partial charge is 0.254 e. The van der Waals surface area contributed by atoms with E-state index in [1.54, 1.807) is 25.2 Å². The Morgan fingerprint density at radius 1 is 0.931 bits per heavy atom. The lowest BCUT2D eigenvalue weighted by Gasteiger charge is -2.35. The summed E-state index contributed by atoms with van der Waals surface area (Å²) < 4.78 is 10.5. The molecule has 154 valence electrons. The molecule has 1 fully saturated rings.